The molecule has 16 heavy (non-hydrogen) atoms. The third-order valence-electron chi connectivity index (χ3n) is 2.46. The number of aromatic nitrogens is 3. The second-order valence-electron chi connectivity index (χ2n) is 4.35. The zero-order valence-corrected chi connectivity index (χ0v) is 10.7. The first-order chi connectivity index (χ1) is 7.69. The summed E-state index contributed by atoms with van der Waals surface area (Å²) in [6, 6.07) is 0. The van der Waals surface area contributed by atoms with Gasteiger partial charge >= 0.3 is 0 Å². The maximum absolute atomic E-state index is 5.19. The first-order valence-corrected chi connectivity index (χ1v) is 5.73. The van der Waals surface area contributed by atoms with Gasteiger partial charge in [-0.05, 0) is 19.4 Å². The molecule has 1 N–H and O–H groups in total. The van der Waals surface area contributed by atoms with Gasteiger partial charge < -0.3 is 10.1 Å². The third-order valence-corrected chi connectivity index (χ3v) is 2.46. The van der Waals surface area contributed by atoms with E-state index in [1.807, 2.05) is 11.7 Å². The van der Waals surface area contributed by atoms with Gasteiger partial charge in [0.05, 0.1) is 12.3 Å². The van der Waals surface area contributed by atoms with Crippen molar-refractivity contribution in [3.63, 3.8) is 0 Å². The Morgan fingerprint density at radius 2 is 2.19 bits per heavy atom. The first kappa shape index (κ1) is 13.1. The summed E-state index contributed by atoms with van der Waals surface area (Å²) in [7, 11) is 3.60. The molecule has 0 fully saturated rings. The van der Waals surface area contributed by atoms with E-state index >= 15 is 0 Å². The molecule has 1 rings (SSSR count). The molecule has 0 saturated carbocycles. The van der Waals surface area contributed by atoms with Crippen molar-refractivity contribution in [3.8, 4) is 0 Å². The molecule has 92 valence electrons. The van der Waals surface area contributed by atoms with E-state index in [4.69, 9.17) is 4.74 Å². The highest BCUT2D eigenvalue weighted by Gasteiger charge is 2.11. The third kappa shape index (κ3) is 3.57. The predicted molar refractivity (Wildman–Crippen MR) is 63.0 cm³/mol. The fraction of sp³-hybridized carbons (Fsp3) is 0.818. The Morgan fingerprint density at radius 3 is 2.75 bits per heavy atom. The Bertz CT molecular complexity index is 309. The normalized spacial score (nSPS) is 11.3. The molecule has 0 spiro atoms. The summed E-state index contributed by atoms with van der Waals surface area (Å²) in [4.78, 5) is 0. The van der Waals surface area contributed by atoms with Crippen LogP contribution in [0.2, 0.25) is 0 Å². The van der Waals surface area contributed by atoms with Gasteiger partial charge in [-0.25, -0.2) is 4.68 Å². The smallest absolute Gasteiger partial charge is 0.102 e. The number of ether oxygens (including phenoxy) is 1. The number of methoxy groups -OCH3 is 1. The highest BCUT2D eigenvalue weighted by molar-refractivity contribution is 5.08. The van der Waals surface area contributed by atoms with Crippen LogP contribution in [0.5, 0.6) is 0 Å². The molecule has 0 aromatic carbocycles. The van der Waals surface area contributed by atoms with Gasteiger partial charge in [0.25, 0.3) is 0 Å². The Kier molecular flexibility index (Phi) is 5.42. The summed E-state index contributed by atoms with van der Waals surface area (Å²) in [5.41, 5.74) is 2.06. The van der Waals surface area contributed by atoms with E-state index in [1.165, 1.54) is 0 Å². The summed E-state index contributed by atoms with van der Waals surface area (Å²) >= 11 is 0. The highest BCUT2D eigenvalue weighted by atomic mass is 16.5. The van der Waals surface area contributed by atoms with Gasteiger partial charge in [0.2, 0.25) is 0 Å². The number of nitrogens with zero attached hydrogens (tertiary/aromatic N) is 3. The van der Waals surface area contributed by atoms with Crippen LogP contribution in [-0.4, -0.2) is 29.2 Å². The number of nitrogens with one attached hydrogen (secondary N) is 1. The number of hydrogen-bond acceptors (Lipinski definition) is 4. The molecule has 5 nitrogen and oxygen atoms in total. The molecule has 0 aliphatic rings. The summed E-state index contributed by atoms with van der Waals surface area (Å²) < 4.78 is 7.15. The standard InChI is InChI=1S/C11H22N4O/c1-9(2)5-6-15-11(8-16-4)10(7-12-3)13-14-15/h9,12H,5-8H2,1-4H3. The Balaban J connectivity index is 2.73. The van der Waals surface area contributed by atoms with Crippen LogP contribution >= 0.6 is 0 Å². The van der Waals surface area contributed by atoms with Crippen LogP contribution < -0.4 is 5.32 Å². The maximum Gasteiger partial charge on any atom is 0.102 e. The SMILES string of the molecule is CNCc1nnn(CCC(C)C)c1COC. The predicted octanol–water partition coefficient (Wildman–Crippen LogP) is 1.19. The van der Waals surface area contributed by atoms with E-state index in [2.05, 4.69) is 29.5 Å². The van der Waals surface area contributed by atoms with Crippen LogP contribution in [0.1, 0.15) is 31.7 Å². The van der Waals surface area contributed by atoms with E-state index in [1.54, 1.807) is 7.11 Å². The molecule has 0 aliphatic heterocycles. The van der Waals surface area contributed by atoms with Crippen molar-refractivity contribution in [2.24, 2.45) is 5.92 Å². The lowest BCUT2D eigenvalue weighted by Crippen LogP contribution is -2.12. The van der Waals surface area contributed by atoms with Crippen molar-refractivity contribution in [3.05, 3.63) is 11.4 Å². The molecule has 0 atom stereocenters. The van der Waals surface area contributed by atoms with Crippen LogP contribution in [0.25, 0.3) is 0 Å². The van der Waals surface area contributed by atoms with Gasteiger partial charge in [0.1, 0.15) is 5.69 Å². The lowest BCUT2D eigenvalue weighted by Gasteiger charge is -2.08. The second-order valence-corrected chi connectivity index (χ2v) is 4.35. The molecule has 5 heteroatoms. The lowest BCUT2D eigenvalue weighted by molar-refractivity contribution is 0.175. The summed E-state index contributed by atoms with van der Waals surface area (Å²) in [6.07, 6.45) is 1.11. The molecule has 0 radical (unpaired) electrons. The minimum Gasteiger partial charge on any atom is -0.378 e. The van der Waals surface area contributed by atoms with E-state index in [9.17, 15) is 0 Å². The van der Waals surface area contributed by atoms with Crippen LogP contribution in [0.4, 0.5) is 0 Å². The van der Waals surface area contributed by atoms with Crippen molar-refractivity contribution in [2.45, 2.75) is 40.0 Å². The van der Waals surface area contributed by atoms with Gasteiger partial charge in [-0.2, -0.15) is 0 Å². The van der Waals surface area contributed by atoms with E-state index in [-0.39, 0.29) is 0 Å². The zero-order chi connectivity index (χ0) is 12.0. The minimum atomic E-state index is 0.572. The Hall–Kier alpha value is -0.940. The van der Waals surface area contributed by atoms with Crippen molar-refractivity contribution in [2.75, 3.05) is 14.2 Å². The van der Waals surface area contributed by atoms with Crippen LogP contribution in [-0.2, 0) is 24.4 Å². The van der Waals surface area contributed by atoms with Crippen LogP contribution in [0, 0.1) is 5.92 Å². The molecule has 0 aliphatic carbocycles. The summed E-state index contributed by atoms with van der Waals surface area (Å²) in [5.74, 6) is 0.673. The quantitative estimate of drug-likeness (QED) is 0.759. The van der Waals surface area contributed by atoms with Crippen molar-refractivity contribution >= 4 is 0 Å². The van der Waals surface area contributed by atoms with E-state index in [0.29, 0.717) is 12.5 Å². The Labute approximate surface area is 97.2 Å². The molecule has 1 aromatic rings. The molecular formula is C11H22N4O. The van der Waals surface area contributed by atoms with Crippen molar-refractivity contribution < 1.29 is 4.74 Å². The highest BCUT2D eigenvalue weighted by Crippen LogP contribution is 2.09. The van der Waals surface area contributed by atoms with Gasteiger partial charge in [0, 0.05) is 20.2 Å². The zero-order valence-electron chi connectivity index (χ0n) is 10.7. The average Bonchev–Trinajstić information content (AvgIpc) is 2.60. The van der Waals surface area contributed by atoms with Gasteiger partial charge in [-0.3, -0.25) is 0 Å². The first-order valence-electron chi connectivity index (χ1n) is 5.73. The second kappa shape index (κ2) is 6.60. The average molecular weight is 226 g/mol. The number of rotatable bonds is 7. The molecule has 0 bridgehead atoms. The Morgan fingerprint density at radius 1 is 1.44 bits per heavy atom. The van der Waals surface area contributed by atoms with Crippen LogP contribution in [0.3, 0.4) is 0 Å². The fourth-order valence-corrected chi connectivity index (χ4v) is 1.53. The largest absolute Gasteiger partial charge is 0.378 e. The molecule has 1 heterocycles. The minimum absolute atomic E-state index is 0.572. The molecule has 0 saturated heterocycles. The van der Waals surface area contributed by atoms with Crippen molar-refractivity contribution in [1.29, 1.82) is 0 Å². The molecule has 0 unspecified atom stereocenters. The number of aryl methyl sites for hydroxylation is 1. The summed E-state index contributed by atoms with van der Waals surface area (Å²) in [6.45, 7) is 6.64. The van der Waals surface area contributed by atoms with Crippen molar-refractivity contribution in [1.82, 2.24) is 20.3 Å². The molecule has 1 aromatic heterocycles. The van der Waals surface area contributed by atoms with Gasteiger partial charge in [-0.1, -0.05) is 19.1 Å². The maximum atomic E-state index is 5.19. The van der Waals surface area contributed by atoms with Gasteiger partial charge in [-0.15, -0.1) is 5.10 Å². The molecule has 0 amide bonds. The van der Waals surface area contributed by atoms with Crippen LogP contribution in [0.15, 0.2) is 0 Å². The van der Waals surface area contributed by atoms with E-state index < -0.39 is 0 Å². The number of hydrogen-bond donors (Lipinski definition) is 1. The van der Waals surface area contributed by atoms with Gasteiger partial charge in [0.15, 0.2) is 0 Å². The lowest BCUT2D eigenvalue weighted by atomic mass is 10.1. The fourth-order valence-electron chi connectivity index (χ4n) is 1.53. The monoisotopic (exact) mass is 226 g/mol. The topological polar surface area (TPSA) is 52.0 Å². The summed E-state index contributed by atoms with van der Waals surface area (Å²) in [5, 5.41) is 11.4. The molecular weight excluding hydrogens is 204 g/mol. The van der Waals surface area contributed by atoms with E-state index in [0.717, 1.165) is 30.9 Å².